The van der Waals surface area contributed by atoms with Gasteiger partial charge in [0.25, 0.3) is 5.91 Å². The lowest BCUT2D eigenvalue weighted by Gasteiger charge is -2.22. The number of hydrogen-bond donors (Lipinski definition) is 1. The van der Waals surface area contributed by atoms with E-state index in [0.29, 0.717) is 11.6 Å². The van der Waals surface area contributed by atoms with Crippen LogP contribution < -0.4 is 5.32 Å². The molecule has 6 heteroatoms. The van der Waals surface area contributed by atoms with Gasteiger partial charge in [0.05, 0.1) is 11.1 Å². The van der Waals surface area contributed by atoms with Gasteiger partial charge < -0.3 is 10.1 Å². The van der Waals surface area contributed by atoms with Gasteiger partial charge in [-0.05, 0) is 37.8 Å². The normalized spacial score (nSPS) is 19.2. The van der Waals surface area contributed by atoms with E-state index in [1.165, 1.54) is 6.42 Å². The third-order valence-corrected chi connectivity index (χ3v) is 3.57. The summed E-state index contributed by atoms with van der Waals surface area (Å²) in [6.45, 7) is 1.37. The summed E-state index contributed by atoms with van der Waals surface area (Å²) in [5, 5.41) is 3.35. The monoisotopic (exact) mass is 302 g/mol. The van der Waals surface area contributed by atoms with Gasteiger partial charge in [-0.3, -0.25) is 4.79 Å². The van der Waals surface area contributed by atoms with E-state index in [1.807, 2.05) is 0 Å². The highest BCUT2D eigenvalue weighted by atomic mass is 35.5. The Labute approximate surface area is 122 Å². The minimum Gasteiger partial charge on any atom is -0.378 e. The summed E-state index contributed by atoms with van der Waals surface area (Å²) in [6, 6.07) is 3.12. The summed E-state index contributed by atoms with van der Waals surface area (Å²) < 4.78 is 5.59. The molecule has 4 nitrogen and oxygen atoms in total. The third kappa shape index (κ3) is 4.34. The number of halogens is 2. The molecule has 1 amide bonds. The Morgan fingerprint density at radius 3 is 3.00 bits per heavy atom. The quantitative estimate of drug-likeness (QED) is 0.870. The van der Waals surface area contributed by atoms with Gasteiger partial charge in [0.1, 0.15) is 10.8 Å². The fraction of sp³-hybridized carbons (Fsp3) is 0.538. The highest BCUT2D eigenvalue weighted by Gasteiger charge is 2.16. The van der Waals surface area contributed by atoms with Crippen LogP contribution in [0.1, 0.15) is 36.2 Å². The van der Waals surface area contributed by atoms with Crippen LogP contribution >= 0.6 is 23.2 Å². The number of nitrogens with zero attached hydrogens (tertiary/aromatic N) is 1. The van der Waals surface area contributed by atoms with Crippen molar-refractivity contribution in [1.29, 1.82) is 0 Å². The molecule has 1 aliphatic heterocycles. The average molecular weight is 303 g/mol. The SMILES string of the molecule is O=C(NCCC1CCCCO1)c1nc(Cl)ccc1Cl. The number of hydrogen-bond acceptors (Lipinski definition) is 3. The minimum absolute atomic E-state index is 0.165. The molecular weight excluding hydrogens is 287 g/mol. The van der Waals surface area contributed by atoms with E-state index >= 15 is 0 Å². The number of carbonyl (C=O) groups is 1. The predicted molar refractivity (Wildman–Crippen MR) is 74.8 cm³/mol. The van der Waals surface area contributed by atoms with Gasteiger partial charge >= 0.3 is 0 Å². The van der Waals surface area contributed by atoms with Crippen LogP contribution in [0.2, 0.25) is 10.2 Å². The van der Waals surface area contributed by atoms with E-state index in [9.17, 15) is 4.79 Å². The summed E-state index contributed by atoms with van der Waals surface area (Å²) in [6.07, 6.45) is 4.44. The van der Waals surface area contributed by atoms with Crippen molar-refractivity contribution in [1.82, 2.24) is 10.3 Å². The van der Waals surface area contributed by atoms with Gasteiger partial charge in [0, 0.05) is 13.2 Å². The first-order valence-electron chi connectivity index (χ1n) is 6.38. The van der Waals surface area contributed by atoms with Gasteiger partial charge in [-0.25, -0.2) is 4.98 Å². The number of pyridine rings is 1. The number of amides is 1. The standard InChI is InChI=1S/C13H16Cl2N2O2/c14-10-4-5-11(15)17-12(10)13(18)16-7-6-9-3-1-2-8-19-9/h4-5,9H,1-3,6-8H2,(H,16,18). The molecule has 1 aromatic rings. The van der Waals surface area contributed by atoms with Gasteiger partial charge in [-0.15, -0.1) is 0 Å². The van der Waals surface area contributed by atoms with Crippen molar-refractivity contribution in [3.63, 3.8) is 0 Å². The van der Waals surface area contributed by atoms with Crippen LogP contribution in [0.15, 0.2) is 12.1 Å². The zero-order valence-electron chi connectivity index (χ0n) is 10.5. The molecule has 104 valence electrons. The molecule has 1 aromatic heterocycles. The maximum Gasteiger partial charge on any atom is 0.271 e. The molecule has 2 heterocycles. The average Bonchev–Trinajstić information content (AvgIpc) is 2.42. The van der Waals surface area contributed by atoms with Crippen molar-refractivity contribution < 1.29 is 9.53 Å². The number of carbonyl (C=O) groups excluding carboxylic acids is 1. The molecule has 0 saturated carbocycles. The van der Waals surface area contributed by atoms with E-state index < -0.39 is 0 Å². The summed E-state index contributed by atoms with van der Waals surface area (Å²) in [5.41, 5.74) is 0.165. The second kappa shape index (κ2) is 7.08. The first kappa shape index (κ1) is 14.6. The van der Waals surface area contributed by atoms with Crippen LogP contribution in [0.4, 0.5) is 0 Å². The maximum atomic E-state index is 11.9. The molecule has 0 aliphatic carbocycles. The lowest BCUT2D eigenvalue weighted by Crippen LogP contribution is -2.30. The second-order valence-electron chi connectivity index (χ2n) is 4.50. The van der Waals surface area contributed by atoms with Crippen LogP contribution in [0, 0.1) is 0 Å². The molecule has 1 fully saturated rings. The van der Waals surface area contributed by atoms with Crippen molar-refractivity contribution in [3.8, 4) is 0 Å². The molecule has 1 saturated heterocycles. The molecule has 0 radical (unpaired) electrons. The highest BCUT2D eigenvalue weighted by Crippen LogP contribution is 2.17. The van der Waals surface area contributed by atoms with Crippen LogP contribution in [0.25, 0.3) is 0 Å². The first-order valence-corrected chi connectivity index (χ1v) is 7.14. The molecule has 1 unspecified atom stereocenters. The molecule has 0 bridgehead atoms. The van der Waals surface area contributed by atoms with Crippen LogP contribution in [0.5, 0.6) is 0 Å². The Morgan fingerprint density at radius 1 is 1.42 bits per heavy atom. The van der Waals surface area contributed by atoms with Crippen molar-refractivity contribution in [2.24, 2.45) is 0 Å². The zero-order chi connectivity index (χ0) is 13.7. The van der Waals surface area contributed by atoms with Gasteiger partial charge in [-0.1, -0.05) is 23.2 Å². The Hall–Kier alpha value is -0.840. The van der Waals surface area contributed by atoms with Crippen LogP contribution in [-0.4, -0.2) is 30.1 Å². The minimum atomic E-state index is -0.302. The van der Waals surface area contributed by atoms with Crippen molar-refractivity contribution in [2.75, 3.05) is 13.2 Å². The molecule has 0 spiro atoms. The Morgan fingerprint density at radius 2 is 2.26 bits per heavy atom. The molecular formula is C13H16Cl2N2O2. The van der Waals surface area contributed by atoms with Crippen LogP contribution in [-0.2, 0) is 4.74 Å². The first-order chi connectivity index (χ1) is 9.16. The van der Waals surface area contributed by atoms with Gasteiger partial charge in [-0.2, -0.15) is 0 Å². The number of aromatic nitrogens is 1. The summed E-state index contributed by atoms with van der Waals surface area (Å²) >= 11 is 11.7. The zero-order valence-corrected chi connectivity index (χ0v) is 12.0. The van der Waals surface area contributed by atoms with Gasteiger partial charge in [0.2, 0.25) is 0 Å². The largest absolute Gasteiger partial charge is 0.378 e. The molecule has 0 aromatic carbocycles. The van der Waals surface area contributed by atoms with E-state index in [-0.39, 0.29) is 22.9 Å². The molecule has 1 N–H and O–H groups in total. The van der Waals surface area contributed by atoms with Crippen molar-refractivity contribution in [2.45, 2.75) is 31.8 Å². The predicted octanol–water partition coefficient (Wildman–Crippen LogP) is 3.08. The van der Waals surface area contributed by atoms with Gasteiger partial charge in [0.15, 0.2) is 0 Å². The smallest absolute Gasteiger partial charge is 0.271 e. The Kier molecular flexibility index (Phi) is 5.43. The second-order valence-corrected chi connectivity index (χ2v) is 5.29. The van der Waals surface area contributed by atoms with Crippen molar-refractivity contribution in [3.05, 3.63) is 28.0 Å². The molecule has 2 rings (SSSR count). The topological polar surface area (TPSA) is 51.2 Å². The fourth-order valence-corrected chi connectivity index (χ4v) is 2.38. The molecule has 1 aliphatic rings. The highest BCUT2D eigenvalue weighted by molar-refractivity contribution is 6.34. The molecule has 19 heavy (non-hydrogen) atoms. The Balaban J connectivity index is 1.82. The maximum absolute atomic E-state index is 11.9. The van der Waals surface area contributed by atoms with Crippen LogP contribution in [0.3, 0.4) is 0 Å². The van der Waals surface area contributed by atoms with E-state index in [1.54, 1.807) is 12.1 Å². The number of nitrogens with one attached hydrogen (secondary N) is 1. The third-order valence-electron chi connectivity index (χ3n) is 3.05. The Bertz CT molecular complexity index is 448. The summed E-state index contributed by atoms with van der Waals surface area (Å²) in [5.74, 6) is -0.302. The summed E-state index contributed by atoms with van der Waals surface area (Å²) in [7, 11) is 0. The van der Waals surface area contributed by atoms with E-state index in [4.69, 9.17) is 27.9 Å². The van der Waals surface area contributed by atoms with Crippen molar-refractivity contribution >= 4 is 29.1 Å². The molecule has 1 atom stereocenters. The number of rotatable bonds is 4. The van der Waals surface area contributed by atoms with E-state index in [0.717, 1.165) is 25.9 Å². The van der Waals surface area contributed by atoms with E-state index in [2.05, 4.69) is 10.3 Å². The number of ether oxygens (including phenoxy) is 1. The lowest BCUT2D eigenvalue weighted by molar-refractivity contribution is 0.0117. The lowest BCUT2D eigenvalue weighted by atomic mass is 10.1. The summed E-state index contributed by atoms with van der Waals surface area (Å²) in [4.78, 5) is 15.8. The fourth-order valence-electron chi connectivity index (χ4n) is 2.04.